The highest BCUT2D eigenvalue weighted by atomic mass is 14.1. The van der Waals surface area contributed by atoms with Gasteiger partial charge in [0.1, 0.15) is 0 Å². The van der Waals surface area contributed by atoms with Crippen molar-refractivity contribution in [1.29, 1.82) is 0 Å². The van der Waals surface area contributed by atoms with Crippen molar-refractivity contribution in [2.24, 2.45) is 11.8 Å². The normalized spacial score (nSPS) is 15.7. The Morgan fingerprint density at radius 1 is 1.18 bits per heavy atom. The molecule has 0 bridgehead atoms. The monoisotopic (exact) mass is 154 g/mol. The molecule has 0 aliphatic carbocycles. The Hall–Kier alpha value is -0.260. The van der Waals surface area contributed by atoms with Gasteiger partial charge in [-0.1, -0.05) is 38.8 Å². The number of hydrogen-bond donors (Lipinski definition) is 0. The van der Waals surface area contributed by atoms with E-state index in [9.17, 15) is 0 Å². The van der Waals surface area contributed by atoms with E-state index >= 15 is 0 Å². The van der Waals surface area contributed by atoms with Gasteiger partial charge in [0.25, 0.3) is 0 Å². The summed E-state index contributed by atoms with van der Waals surface area (Å²) >= 11 is 0. The highest BCUT2D eigenvalue weighted by molar-refractivity contribution is 4.93. The Bertz CT molecular complexity index is 118. The first-order chi connectivity index (χ1) is 5.07. The molecule has 0 aliphatic rings. The van der Waals surface area contributed by atoms with E-state index in [0.717, 1.165) is 11.8 Å². The van der Waals surface area contributed by atoms with Crippen LogP contribution in [0.2, 0.25) is 0 Å². The molecule has 0 rings (SSSR count). The molecule has 0 spiro atoms. The second-order valence-corrected chi connectivity index (χ2v) is 3.88. The van der Waals surface area contributed by atoms with E-state index < -0.39 is 0 Å². The third-order valence-electron chi connectivity index (χ3n) is 2.51. The van der Waals surface area contributed by atoms with E-state index in [-0.39, 0.29) is 0 Å². The zero-order valence-corrected chi connectivity index (χ0v) is 8.65. The minimum Gasteiger partial charge on any atom is -0.0856 e. The van der Waals surface area contributed by atoms with Crippen LogP contribution in [0.3, 0.4) is 0 Å². The topological polar surface area (TPSA) is 0 Å². The Morgan fingerprint density at radius 3 is 2.09 bits per heavy atom. The molecule has 0 aliphatic heterocycles. The van der Waals surface area contributed by atoms with Crippen LogP contribution in [0.25, 0.3) is 0 Å². The quantitative estimate of drug-likeness (QED) is 0.536. The lowest BCUT2D eigenvalue weighted by Gasteiger charge is -2.16. The average molecular weight is 154 g/mol. The first-order valence-electron chi connectivity index (χ1n) is 4.71. The fraction of sp³-hybridized carbons (Fsp3) is 0.818. The Labute approximate surface area is 71.7 Å². The zero-order chi connectivity index (χ0) is 8.85. The van der Waals surface area contributed by atoms with Gasteiger partial charge in [0, 0.05) is 0 Å². The van der Waals surface area contributed by atoms with Gasteiger partial charge < -0.3 is 0 Å². The van der Waals surface area contributed by atoms with Crippen molar-refractivity contribution in [3.05, 3.63) is 11.6 Å². The summed E-state index contributed by atoms with van der Waals surface area (Å²) in [5.41, 5.74) is 1.44. The van der Waals surface area contributed by atoms with Crippen LogP contribution >= 0.6 is 0 Å². The van der Waals surface area contributed by atoms with Crippen LogP contribution in [0.4, 0.5) is 0 Å². The summed E-state index contributed by atoms with van der Waals surface area (Å²) in [5, 5.41) is 0. The van der Waals surface area contributed by atoms with Gasteiger partial charge in [0.15, 0.2) is 0 Å². The second kappa shape index (κ2) is 5.40. The van der Waals surface area contributed by atoms with Gasteiger partial charge in [0.05, 0.1) is 0 Å². The molecule has 0 aromatic heterocycles. The van der Waals surface area contributed by atoms with Crippen LogP contribution in [0.15, 0.2) is 11.6 Å². The molecular formula is C11H22. The Morgan fingerprint density at radius 2 is 1.73 bits per heavy atom. The van der Waals surface area contributed by atoms with E-state index in [1.54, 1.807) is 0 Å². The summed E-state index contributed by atoms with van der Waals surface area (Å²) in [6, 6.07) is 0. The Balaban J connectivity index is 3.68. The van der Waals surface area contributed by atoms with Gasteiger partial charge in [-0.2, -0.15) is 0 Å². The van der Waals surface area contributed by atoms with E-state index in [0.29, 0.717) is 0 Å². The minimum absolute atomic E-state index is 0.842. The van der Waals surface area contributed by atoms with E-state index in [1.165, 1.54) is 18.4 Å². The molecule has 0 aromatic carbocycles. The first kappa shape index (κ1) is 10.7. The molecule has 2 atom stereocenters. The van der Waals surface area contributed by atoms with Crippen molar-refractivity contribution in [3.8, 4) is 0 Å². The summed E-state index contributed by atoms with van der Waals surface area (Å²) in [6.45, 7) is 11.3. The first-order valence-corrected chi connectivity index (χ1v) is 4.71. The molecule has 0 N–H and O–H groups in total. The van der Waals surface area contributed by atoms with Gasteiger partial charge in [0.2, 0.25) is 0 Å². The van der Waals surface area contributed by atoms with Crippen molar-refractivity contribution in [1.82, 2.24) is 0 Å². The van der Waals surface area contributed by atoms with Crippen LogP contribution in [0, 0.1) is 11.8 Å². The molecule has 0 saturated heterocycles. The van der Waals surface area contributed by atoms with Gasteiger partial charge in [-0.05, 0) is 32.1 Å². The summed E-state index contributed by atoms with van der Waals surface area (Å²) in [7, 11) is 0. The molecule has 0 saturated carbocycles. The van der Waals surface area contributed by atoms with Crippen LogP contribution in [0.1, 0.15) is 47.5 Å². The largest absolute Gasteiger partial charge is 0.0856 e. The smallest absolute Gasteiger partial charge is 0.0320 e. The van der Waals surface area contributed by atoms with E-state index in [4.69, 9.17) is 0 Å². The maximum atomic E-state index is 2.34. The molecule has 0 heteroatoms. The highest BCUT2D eigenvalue weighted by Gasteiger charge is 2.07. The summed E-state index contributed by atoms with van der Waals surface area (Å²) in [6.07, 6.45) is 4.89. The van der Waals surface area contributed by atoms with Crippen molar-refractivity contribution in [3.63, 3.8) is 0 Å². The predicted octanol–water partition coefficient (Wildman–Crippen LogP) is 4.02. The number of allylic oxidation sites excluding steroid dienone is 2. The van der Waals surface area contributed by atoms with E-state index in [1.807, 2.05) is 0 Å². The van der Waals surface area contributed by atoms with Gasteiger partial charge in [-0.25, -0.2) is 0 Å². The van der Waals surface area contributed by atoms with Gasteiger partial charge in [-0.3, -0.25) is 0 Å². The van der Waals surface area contributed by atoms with Crippen molar-refractivity contribution in [2.75, 3.05) is 0 Å². The van der Waals surface area contributed by atoms with Crippen molar-refractivity contribution in [2.45, 2.75) is 47.5 Å². The SMILES string of the molecule is CCC(C)C(C)CC=C(C)C. The maximum Gasteiger partial charge on any atom is -0.0320 e. The lowest BCUT2D eigenvalue weighted by Crippen LogP contribution is -2.05. The fourth-order valence-electron chi connectivity index (χ4n) is 1.06. The minimum atomic E-state index is 0.842. The zero-order valence-electron chi connectivity index (χ0n) is 8.65. The molecule has 0 nitrogen and oxygen atoms in total. The summed E-state index contributed by atoms with van der Waals surface area (Å²) in [4.78, 5) is 0. The summed E-state index contributed by atoms with van der Waals surface area (Å²) < 4.78 is 0. The highest BCUT2D eigenvalue weighted by Crippen LogP contribution is 2.18. The van der Waals surface area contributed by atoms with Crippen LogP contribution in [-0.2, 0) is 0 Å². The Kier molecular flexibility index (Phi) is 5.27. The maximum absolute atomic E-state index is 2.34. The molecule has 0 amide bonds. The number of rotatable bonds is 4. The number of hydrogen-bond acceptors (Lipinski definition) is 0. The molecule has 0 radical (unpaired) electrons. The van der Waals surface area contributed by atoms with Gasteiger partial charge >= 0.3 is 0 Å². The summed E-state index contributed by atoms with van der Waals surface area (Å²) in [5.74, 6) is 1.71. The lowest BCUT2D eigenvalue weighted by molar-refractivity contribution is 0.380. The standard InChI is InChI=1S/C11H22/c1-6-10(4)11(5)8-7-9(2)3/h7,10-11H,6,8H2,1-5H3. The van der Waals surface area contributed by atoms with Crippen molar-refractivity contribution >= 4 is 0 Å². The molecule has 2 unspecified atom stereocenters. The van der Waals surface area contributed by atoms with Crippen LogP contribution < -0.4 is 0 Å². The third-order valence-corrected chi connectivity index (χ3v) is 2.51. The van der Waals surface area contributed by atoms with Crippen LogP contribution in [-0.4, -0.2) is 0 Å². The van der Waals surface area contributed by atoms with Crippen molar-refractivity contribution < 1.29 is 0 Å². The predicted molar refractivity (Wildman–Crippen MR) is 52.7 cm³/mol. The fourth-order valence-corrected chi connectivity index (χ4v) is 1.06. The molecule has 0 fully saturated rings. The van der Waals surface area contributed by atoms with E-state index in [2.05, 4.69) is 40.7 Å². The van der Waals surface area contributed by atoms with Crippen LogP contribution in [0.5, 0.6) is 0 Å². The average Bonchev–Trinajstić information content (AvgIpc) is 1.98. The van der Waals surface area contributed by atoms with Gasteiger partial charge in [-0.15, -0.1) is 0 Å². The molecule has 0 aromatic rings. The second-order valence-electron chi connectivity index (χ2n) is 3.88. The molecular weight excluding hydrogens is 132 g/mol. The molecule has 0 heterocycles. The molecule has 66 valence electrons. The third kappa shape index (κ3) is 5.06. The lowest BCUT2D eigenvalue weighted by atomic mass is 9.90. The molecule has 11 heavy (non-hydrogen) atoms.